The van der Waals surface area contributed by atoms with Crippen LogP contribution in [0.4, 0.5) is 0 Å². The van der Waals surface area contributed by atoms with Crippen LogP contribution >= 0.6 is 0 Å². The van der Waals surface area contributed by atoms with Crippen LogP contribution in [0.5, 0.6) is 11.5 Å². The maximum absolute atomic E-state index is 12.7. The maximum atomic E-state index is 12.7. The Kier molecular flexibility index (Phi) is 5.83. The molecule has 2 saturated heterocycles. The molecule has 0 N–H and O–H groups in total. The molecule has 0 aromatic heterocycles. The number of nitrogens with zero attached hydrogens (tertiary/aromatic N) is 3. The average molecular weight is 397 g/mol. The first-order valence-electron chi connectivity index (χ1n) is 10.4. The zero-order valence-corrected chi connectivity index (χ0v) is 16.9. The van der Waals surface area contributed by atoms with Crippen molar-refractivity contribution in [1.82, 2.24) is 9.80 Å². The second kappa shape index (κ2) is 8.68. The molecule has 2 fully saturated rings. The van der Waals surface area contributed by atoms with Crippen LogP contribution in [0.25, 0.3) is 6.08 Å². The summed E-state index contributed by atoms with van der Waals surface area (Å²) in [7, 11) is 1.56. The first-order chi connectivity index (χ1) is 14.2. The van der Waals surface area contributed by atoms with Gasteiger partial charge in [-0.25, -0.2) is 4.99 Å². The Balaban J connectivity index is 1.47. The monoisotopic (exact) mass is 397 g/mol. The lowest BCUT2D eigenvalue weighted by Gasteiger charge is -2.16. The minimum atomic E-state index is -0.0302. The summed E-state index contributed by atoms with van der Waals surface area (Å²) in [6, 6.07) is 5.43. The van der Waals surface area contributed by atoms with Gasteiger partial charge in [-0.3, -0.25) is 14.5 Å². The number of aliphatic imine (C=N–C) groups is 1. The number of carbonyl (C=O) groups excluding carboxylic acids is 2. The highest BCUT2D eigenvalue weighted by atomic mass is 16.5. The predicted molar refractivity (Wildman–Crippen MR) is 110 cm³/mol. The molecule has 0 unspecified atom stereocenters. The fourth-order valence-corrected chi connectivity index (χ4v) is 4.00. The highest BCUT2D eigenvalue weighted by Gasteiger charge is 2.30. The highest BCUT2D eigenvalue weighted by Crippen LogP contribution is 2.30. The van der Waals surface area contributed by atoms with Gasteiger partial charge in [0.15, 0.2) is 18.1 Å². The maximum Gasteiger partial charge on any atom is 0.277 e. The predicted octanol–water partition coefficient (Wildman–Crippen LogP) is 2.85. The number of ether oxygens (including phenoxy) is 2. The van der Waals surface area contributed by atoms with Crippen LogP contribution in [0.1, 0.15) is 44.1 Å². The fourth-order valence-electron chi connectivity index (χ4n) is 4.00. The number of rotatable bonds is 5. The molecule has 4 rings (SSSR count). The van der Waals surface area contributed by atoms with Crippen molar-refractivity contribution in [2.24, 2.45) is 4.99 Å². The molecule has 0 bridgehead atoms. The van der Waals surface area contributed by atoms with Gasteiger partial charge in [0.25, 0.3) is 11.8 Å². The summed E-state index contributed by atoms with van der Waals surface area (Å²) in [5.74, 6) is 1.89. The topological polar surface area (TPSA) is 71.4 Å². The number of carbonyl (C=O) groups is 2. The van der Waals surface area contributed by atoms with Crippen LogP contribution in [0, 0.1) is 0 Å². The zero-order valence-electron chi connectivity index (χ0n) is 16.9. The number of hydrogen-bond donors (Lipinski definition) is 0. The van der Waals surface area contributed by atoms with E-state index in [1.807, 2.05) is 11.0 Å². The zero-order chi connectivity index (χ0) is 20.2. The molecule has 1 aromatic rings. The van der Waals surface area contributed by atoms with Crippen LogP contribution in [0.2, 0.25) is 0 Å². The molecule has 1 aromatic carbocycles. The van der Waals surface area contributed by atoms with Gasteiger partial charge in [0, 0.05) is 26.1 Å². The van der Waals surface area contributed by atoms with Crippen LogP contribution in [-0.4, -0.2) is 60.8 Å². The van der Waals surface area contributed by atoms with Gasteiger partial charge < -0.3 is 14.4 Å². The Morgan fingerprint density at radius 1 is 1.10 bits per heavy atom. The standard InChI is InChI=1S/C22H27N3O4/c1-28-19-14-16(8-9-18(19)29-15-21(26)24-10-5-6-11-24)13-17-22(27)25-12-4-2-3-7-20(25)23-17/h8-9,13-14H,2-7,10-12,15H2,1H3/b17-13-. The number of benzene rings is 1. The number of amidine groups is 1. The molecular formula is C22H27N3O4. The van der Waals surface area contributed by atoms with Crippen molar-refractivity contribution < 1.29 is 19.1 Å². The third-order valence-corrected chi connectivity index (χ3v) is 5.61. The van der Waals surface area contributed by atoms with E-state index in [2.05, 4.69) is 4.99 Å². The summed E-state index contributed by atoms with van der Waals surface area (Å²) in [4.78, 5) is 33.0. The molecule has 3 heterocycles. The average Bonchev–Trinajstić information content (AvgIpc) is 3.30. The lowest BCUT2D eigenvalue weighted by Crippen LogP contribution is -2.32. The Labute approximate surface area is 171 Å². The van der Waals surface area contributed by atoms with E-state index in [1.165, 1.54) is 0 Å². The lowest BCUT2D eigenvalue weighted by molar-refractivity contribution is -0.132. The molecule has 7 nitrogen and oxygen atoms in total. The third kappa shape index (κ3) is 4.28. The van der Waals surface area contributed by atoms with Gasteiger partial charge in [-0.05, 0) is 49.5 Å². The number of hydrogen-bond acceptors (Lipinski definition) is 5. The first kappa shape index (κ1) is 19.5. The van der Waals surface area contributed by atoms with Crippen LogP contribution in [0.15, 0.2) is 28.9 Å². The molecule has 29 heavy (non-hydrogen) atoms. The van der Waals surface area contributed by atoms with Gasteiger partial charge in [0.05, 0.1) is 7.11 Å². The molecule has 3 aliphatic heterocycles. The first-order valence-corrected chi connectivity index (χ1v) is 10.4. The smallest absolute Gasteiger partial charge is 0.277 e. The molecule has 0 spiro atoms. The summed E-state index contributed by atoms with van der Waals surface area (Å²) in [6.45, 7) is 2.35. The van der Waals surface area contributed by atoms with E-state index in [9.17, 15) is 9.59 Å². The van der Waals surface area contributed by atoms with Crippen molar-refractivity contribution >= 4 is 23.7 Å². The van der Waals surface area contributed by atoms with Gasteiger partial charge in [-0.2, -0.15) is 0 Å². The van der Waals surface area contributed by atoms with Gasteiger partial charge in [-0.15, -0.1) is 0 Å². The molecule has 7 heteroatoms. The van der Waals surface area contributed by atoms with Crippen molar-refractivity contribution in [2.45, 2.75) is 38.5 Å². The normalized spacial score (nSPS) is 20.5. The second-order valence-electron chi connectivity index (χ2n) is 7.61. The summed E-state index contributed by atoms with van der Waals surface area (Å²) >= 11 is 0. The molecule has 0 atom stereocenters. The molecule has 0 aliphatic carbocycles. The largest absolute Gasteiger partial charge is 0.493 e. The van der Waals surface area contributed by atoms with E-state index in [-0.39, 0.29) is 18.4 Å². The van der Waals surface area contributed by atoms with Crippen LogP contribution in [-0.2, 0) is 9.59 Å². The van der Waals surface area contributed by atoms with Gasteiger partial charge in [-0.1, -0.05) is 12.5 Å². The quantitative estimate of drug-likeness (QED) is 0.717. The molecule has 0 saturated carbocycles. The minimum absolute atomic E-state index is 0.00209. The van der Waals surface area contributed by atoms with Crippen molar-refractivity contribution in [1.29, 1.82) is 0 Å². The van der Waals surface area contributed by atoms with E-state index in [0.29, 0.717) is 17.2 Å². The highest BCUT2D eigenvalue weighted by molar-refractivity contribution is 6.14. The van der Waals surface area contributed by atoms with E-state index in [4.69, 9.17) is 9.47 Å². The summed E-state index contributed by atoms with van der Waals surface area (Å²) in [6.07, 6.45) is 7.98. The van der Waals surface area contributed by atoms with E-state index in [0.717, 1.165) is 69.6 Å². The van der Waals surface area contributed by atoms with E-state index in [1.54, 1.807) is 30.2 Å². The van der Waals surface area contributed by atoms with Crippen LogP contribution < -0.4 is 9.47 Å². The van der Waals surface area contributed by atoms with E-state index < -0.39 is 0 Å². The SMILES string of the molecule is COc1cc(/C=C2\N=C3CCCCCN3C2=O)ccc1OCC(=O)N1CCCC1. The lowest BCUT2D eigenvalue weighted by atomic mass is 10.1. The van der Waals surface area contributed by atoms with Gasteiger partial charge >= 0.3 is 0 Å². The second-order valence-corrected chi connectivity index (χ2v) is 7.61. The fraction of sp³-hybridized carbons (Fsp3) is 0.500. The molecule has 3 aliphatic rings. The number of likely N-dealkylation sites (tertiary alicyclic amines) is 1. The Bertz CT molecular complexity index is 856. The summed E-state index contributed by atoms with van der Waals surface area (Å²) in [5, 5.41) is 0. The van der Waals surface area contributed by atoms with E-state index >= 15 is 0 Å². The number of methoxy groups -OCH3 is 1. The van der Waals surface area contributed by atoms with Crippen LogP contribution in [0.3, 0.4) is 0 Å². The Morgan fingerprint density at radius 3 is 2.69 bits per heavy atom. The third-order valence-electron chi connectivity index (χ3n) is 5.61. The number of amides is 2. The summed E-state index contributed by atoms with van der Waals surface area (Å²) in [5.41, 5.74) is 1.27. The Hall–Kier alpha value is -2.83. The molecule has 0 radical (unpaired) electrons. The van der Waals surface area contributed by atoms with Crippen molar-refractivity contribution in [3.8, 4) is 11.5 Å². The minimum Gasteiger partial charge on any atom is -0.493 e. The molecular weight excluding hydrogens is 370 g/mol. The van der Waals surface area contributed by atoms with Crippen molar-refractivity contribution in [3.05, 3.63) is 29.5 Å². The van der Waals surface area contributed by atoms with Crippen molar-refractivity contribution in [3.63, 3.8) is 0 Å². The summed E-state index contributed by atoms with van der Waals surface area (Å²) < 4.78 is 11.1. The van der Waals surface area contributed by atoms with Gasteiger partial charge in [0.2, 0.25) is 0 Å². The number of fused-ring (bicyclic) bond motifs is 1. The van der Waals surface area contributed by atoms with Crippen molar-refractivity contribution in [2.75, 3.05) is 33.4 Å². The molecule has 2 amide bonds. The van der Waals surface area contributed by atoms with Gasteiger partial charge in [0.1, 0.15) is 11.5 Å². The Morgan fingerprint density at radius 2 is 1.90 bits per heavy atom. The molecule has 154 valence electrons.